The number of halogens is 2. The Labute approximate surface area is 120 Å². The van der Waals surface area contributed by atoms with Crippen molar-refractivity contribution in [1.82, 2.24) is 0 Å². The zero-order chi connectivity index (χ0) is 14.4. The molecule has 4 heteroatoms. The minimum absolute atomic E-state index is 0.268. The Hall–Kier alpha value is -1.83. The van der Waals surface area contributed by atoms with Gasteiger partial charge in [0.05, 0.1) is 0 Å². The highest BCUT2D eigenvalue weighted by Gasteiger charge is 2.04. The average molecular weight is 290 g/mol. The van der Waals surface area contributed by atoms with Gasteiger partial charge in [-0.3, -0.25) is 0 Å². The van der Waals surface area contributed by atoms with Gasteiger partial charge in [-0.1, -0.05) is 24.0 Å². The Morgan fingerprint density at radius 2 is 1.90 bits per heavy atom. The molecule has 1 nitrogen and oxygen atoms in total. The Kier molecular flexibility index (Phi) is 5.16. The molecule has 0 unspecified atom stereocenters. The molecule has 0 bridgehead atoms. The van der Waals surface area contributed by atoms with E-state index in [0.29, 0.717) is 16.2 Å². The Morgan fingerprint density at radius 1 is 1.10 bits per heavy atom. The van der Waals surface area contributed by atoms with E-state index in [-0.39, 0.29) is 18.2 Å². The summed E-state index contributed by atoms with van der Waals surface area (Å²) < 4.78 is 26.9. The van der Waals surface area contributed by atoms with Crippen LogP contribution >= 0.6 is 11.8 Å². The minimum Gasteiger partial charge on any atom is -0.384 e. The van der Waals surface area contributed by atoms with Crippen molar-refractivity contribution in [3.63, 3.8) is 0 Å². The summed E-state index contributed by atoms with van der Waals surface area (Å²) in [5.74, 6) is 4.91. The third-order valence-electron chi connectivity index (χ3n) is 2.50. The van der Waals surface area contributed by atoms with E-state index in [1.165, 1.54) is 30.0 Å². The van der Waals surface area contributed by atoms with Gasteiger partial charge < -0.3 is 5.11 Å². The predicted octanol–water partition coefficient (Wildman–Crippen LogP) is 3.60. The standard InChI is InChI=1S/C16H12F2OS/c17-14-9-12(4-3-7-19)8-13(10-14)11-20-16-6-2-1-5-15(16)18/h1-2,5-6,8-10,19H,7,11H2. The van der Waals surface area contributed by atoms with Gasteiger partial charge in [-0.05, 0) is 35.9 Å². The summed E-state index contributed by atoms with van der Waals surface area (Å²) in [6.07, 6.45) is 0. The maximum Gasteiger partial charge on any atom is 0.136 e. The van der Waals surface area contributed by atoms with Crippen LogP contribution in [0, 0.1) is 23.5 Å². The van der Waals surface area contributed by atoms with Crippen molar-refractivity contribution in [2.24, 2.45) is 0 Å². The van der Waals surface area contributed by atoms with Crippen LogP contribution < -0.4 is 0 Å². The maximum atomic E-state index is 13.5. The van der Waals surface area contributed by atoms with E-state index in [1.807, 2.05) is 0 Å². The van der Waals surface area contributed by atoms with Gasteiger partial charge in [0.1, 0.15) is 18.2 Å². The second-order valence-electron chi connectivity index (χ2n) is 4.03. The van der Waals surface area contributed by atoms with Crippen molar-refractivity contribution >= 4 is 11.8 Å². The zero-order valence-electron chi connectivity index (χ0n) is 10.6. The van der Waals surface area contributed by atoms with E-state index in [9.17, 15) is 8.78 Å². The van der Waals surface area contributed by atoms with Crippen LogP contribution in [0.15, 0.2) is 47.4 Å². The van der Waals surface area contributed by atoms with Crippen molar-refractivity contribution in [3.8, 4) is 11.8 Å². The number of thioether (sulfide) groups is 1. The second-order valence-corrected chi connectivity index (χ2v) is 5.04. The molecule has 2 aromatic carbocycles. The van der Waals surface area contributed by atoms with Crippen molar-refractivity contribution in [2.45, 2.75) is 10.6 Å². The van der Waals surface area contributed by atoms with Gasteiger partial charge in [-0.2, -0.15) is 0 Å². The topological polar surface area (TPSA) is 20.2 Å². The van der Waals surface area contributed by atoms with Crippen LogP contribution in [-0.4, -0.2) is 11.7 Å². The van der Waals surface area contributed by atoms with Crippen molar-refractivity contribution < 1.29 is 13.9 Å². The van der Waals surface area contributed by atoms with Crippen molar-refractivity contribution in [3.05, 3.63) is 65.2 Å². The van der Waals surface area contributed by atoms with Crippen LogP contribution in [0.3, 0.4) is 0 Å². The highest BCUT2D eigenvalue weighted by atomic mass is 32.2. The molecule has 0 saturated heterocycles. The SMILES string of the molecule is OCC#Cc1cc(F)cc(CSc2ccccc2F)c1. The molecule has 0 atom stereocenters. The summed E-state index contributed by atoms with van der Waals surface area (Å²) in [7, 11) is 0. The van der Waals surface area contributed by atoms with Gasteiger partial charge in [0.25, 0.3) is 0 Å². The Bertz CT molecular complexity index is 659. The average Bonchev–Trinajstić information content (AvgIpc) is 2.44. The molecule has 0 radical (unpaired) electrons. The summed E-state index contributed by atoms with van der Waals surface area (Å²) in [5, 5.41) is 8.64. The van der Waals surface area contributed by atoms with Crippen LogP contribution in [0.25, 0.3) is 0 Å². The molecule has 0 aliphatic heterocycles. The molecule has 0 saturated carbocycles. The molecule has 20 heavy (non-hydrogen) atoms. The van der Waals surface area contributed by atoms with E-state index >= 15 is 0 Å². The Balaban J connectivity index is 2.13. The lowest BCUT2D eigenvalue weighted by Crippen LogP contribution is -1.88. The number of aliphatic hydroxyl groups excluding tert-OH is 1. The largest absolute Gasteiger partial charge is 0.384 e. The second kappa shape index (κ2) is 7.09. The quantitative estimate of drug-likeness (QED) is 0.688. The third-order valence-corrected chi connectivity index (χ3v) is 3.62. The van der Waals surface area contributed by atoms with Gasteiger partial charge in [0.2, 0.25) is 0 Å². The highest BCUT2D eigenvalue weighted by Crippen LogP contribution is 2.25. The Morgan fingerprint density at radius 3 is 2.65 bits per heavy atom. The van der Waals surface area contributed by atoms with Crippen molar-refractivity contribution in [2.75, 3.05) is 6.61 Å². The van der Waals surface area contributed by atoms with E-state index < -0.39 is 0 Å². The fraction of sp³-hybridized carbons (Fsp3) is 0.125. The van der Waals surface area contributed by atoms with Crippen LogP contribution in [0.4, 0.5) is 8.78 Å². The molecule has 0 aliphatic carbocycles. The van der Waals surface area contributed by atoms with Gasteiger partial charge in [-0.15, -0.1) is 11.8 Å². The maximum absolute atomic E-state index is 13.5. The monoisotopic (exact) mass is 290 g/mol. The number of hydrogen-bond donors (Lipinski definition) is 1. The zero-order valence-corrected chi connectivity index (χ0v) is 11.4. The lowest BCUT2D eigenvalue weighted by atomic mass is 10.1. The molecule has 0 heterocycles. The minimum atomic E-state index is -0.390. The molecular weight excluding hydrogens is 278 g/mol. The first-order chi connectivity index (χ1) is 9.69. The fourth-order valence-corrected chi connectivity index (χ4v) is 2.54. The molecule has 0 spiro atoms. The lowest BCUT2D eigenvalue weighted by Gasteiger charge is -2.04. The smallest absolute Gasteiger partial charge is 0.136 e. The first-order valence-electron chi connectivity index (χ1n) is 5.95. The number of hydrogen-bond acceptors (Lipinski definition) is 2. The summed E-state index contributed by atoms with van der Waals surface area (Å²) in [5.41, 5.74) is 1.23. The van der Waals surface area contributed by atoms with E-state index in [1.54, 1.807) is 24.3 Å². The molecule has 0 fully saturated rings. The summed E-state index contributed by atoms with van der Waals surface area (Å²) in [6.45, 7) is -0.268. The summed E-state index contributed by atoms with van der Waals surface area (Å²) in [4.78, 5) is 0.528. The predicted molar refractivity (Wildman–Crippen MR) is 76.3 cm³/mol. The van der Waals surface area contributed by atoms with Gasteiger partial charge in [0.15, 0.2) is 0 Å². The third kappa shape index (κ3) is 4.09. The molecule has 102 valence electrons. The lowest BCUT2D eigenvalue weighted by molar-refractivity contribution is 0.350. The van der Waals surface area contributed by atoms with Gasteiger partial charge in [0, 0.05) is 16.2 Å². The van der Waals surface area contributed by atoms with Gasteiger partial charge >= 0.3 is 0 Å². The molecule has 1 N–H and O–H groups in total. The van der Waals surface area contributed by atoms with Crippen LogP contribution in [0.1, 0.15) is 11.1 Å². The van der Waals surface area contributed by atoms with Crippen molar-refractivity contribution in [1.29, 1.82) is 0 Å². The first-order valence-corrected chi connectivity index (χ1v) is 6.94. The summed E-state index contributed by atoms with van der Waals surface area (Å²) >= 11 is 1.30. The molecule has 2 rings (SSSR count). The summed E-state index contributed by atoms with van der Waals surface area (Å²) in [6, 6.07) is 10.9. The first kappa shape index (κ1) is 14.6. The number of aliphatic hydroxyl groups is 1. The van der Waals surface area contributed by atoms with Crippen LogP contribution in [0.5, 0.6) is 0 Å². The van der Waals surface area contributed by atoms with E-state index in [4.69, 9.17) is 5.11 Å². The molecule has 0 amide bonds. The molecular formula is C16H12F2OS. The van der Waals surface area contributed by atoms with E-state index in [0.717, 1.165) is 5.56 Å². The van der Waals surface area contributed by atoms with Gasteiger partial charge in [-0.25, -0.2) is 8.78 Å². The number of benzene rings is 2. The van der Waals surface area contributed by atoms with Crippen LogP contribution in [-0.2, 0) is 5.75 Å². The highest BCUT2D eigenvalue weighted by molar-refractivity contribution is 7.98. The number of rotatable bonds is 3. The molecule has 0 aliphatic rings. The van der Waals surface area contributed by atoms with E-state index in [2.05, 4.69) is 11.8 Å². The molecule has 2 aromatic rings. The normalized spacial score (nSPS) is 9.95. The molecule has 0 aromatic heterocycles. The fourth-order valence-electron chi connectivity index (χ4n) is 1.67. The van der Waals surface area contributed by atoms with Crippen LogP contribution in [0.2, 0.25) is 0 Å².